The number of hydrogen-bond donors (Lipinski definition) is 1. The molecule has 1 saturated carbocycles. The van der Waals surface area contributed by atoms with Crippen molar-refractivity contribution in [1.29, 1.82) is 0 Å². The first-order valence-corrected chi connectivity index (χ1v) is 7.34. The van der Waals surface area contributed by atoms with Crippen LogP contribution in [0.3, 0.4) is 0 Å². The van der Waals surface area contributed by atoms with Crippen molar-refractivity contribution >= 4 is 5.97 Å². The molecule has 0 unspecified atom stereocenters. The molecule has 0 radical (unpaired) electrons. The van der Waals surface area contributed by atoms with Gasteiger partial charge in [0.25, 0.3) is 0 Å². The van der Waals surface area contributed by atoms with Crippen LogP contribution in [0.2, 0.25) is 0 Å². The highest BCUT2D eigenvalue weighted by molar-refractivity contribution is 5.74. The van der Waals surface area contributed by atoms with E-state index in [4.69, 9.17) is 0 Å². The summed E-state index contributed by atoms with van der Waals surface area (Å²) < 4.78 is 1.98. The number of carboxylic acids is 1. The van der Waals surface area contributed by atoms with E-state index in [0.717, 1.165) is 11.3 Å². The maximum Gasteiger partial charge on any atom is 0.309 e. The lowest BCUT2D eigenvalue weighted by Gasteiger charge is -2.19. The van der Waals surface area contributed by atoms with Gasteiger partial charge in [-0.05, 0) is 56.9 Å². The first-order chi connectivity index (χ1) is 9.97. The van der Waals surface area contributed by atoms with Crippen LogP contribution >= 0.6 is 0 Å². The van der Waals surface area contributed by atoms with E-state index in [2.05, 4.69) is 11.2 Å². The minimum Gasteiger partial charge on any atom is -0.481 e. The standard InChI is InChI=1S/C17H20N2O2/c1-17(2,16(20)21)11-12-4-3-5-14(10-12)19-15(8-9-18-19)13-6-7-13/h3-5,8-10,13H,6-7,11H2,1-2H3,(H,20,21). The van der Waals surface area contributed by atoms with Crippen LogP contribution in [-0.4, -0.2) is 20.9 Å². The topological polar surface area (TPSA) is 55.1 Å². The smallest absolute Gasteiger partial charge is 0.309 e. The Morgan fingerprint density at radius 3 is 2.81 bits per heavy atom. The van der Waals surface area contributed by atoms with Crippen molar-refractivity contribution in [3.05, 3.63) is 47.8 Å². The van der Waals surface area contributed by atoms with E-state index >= 15 is 0 Å². The molecule has 4 nitrogen and oxygen atoms in total. The second-order valence-corrected chi connectivity index (χ2v) is 6.48. The van der Waals surface area contributed by atoms with Crippen LogP contribution in [0, 0.1) is 5.41 Å². The van der Waals surface area contributed by atoms with Gasteiger partial charge in [-0.1, -0.05) is 12.1 Å². The molecular weight excluding hydrogens is 264 g/mol. The molecule has 2 aromatic rings. The number of hydrogen-bond acceptors (Lipinski definition) is 2. The van der Waals surface area contributed by atoms with Crippen LogP contribution in [0.4, 0.5) is 0 Å². The molecule has 1 heterocycles. The molecule has 21 heavy (non-hydrogen) atoms. The number of aliphatic carboxylic acids is 1. The van der Waals surface area contributed by atoms with Gasteiger partial charge in [-0.25, -0.2) is 4.68 Å². The van der Waals surface area contributed by atoms with E-state index in [1.807, 2.05) is 35.1 Å². The van der Waals surface area contributed by atoms with Gasteiger partial charge in [0.15, 0.2) is 0 Å². The summed E-state index contributed by atoms with van der Waals surface area (Å²) in [5.74, 6) is -0.141. The van der Waals surface area contributed by atoms with Crippen molar-refractivity contribution in [1.82, 2.24) is 9.78 Å². The van der Waals surface area contributed by atoms with Crippen molar-refractivity contribution in [2.24, 2.45) is 5.41 Å². The fourth-order valence-electron chi connectivity index (χ4n) is 2.60. The third kappa shape index (κ3) is 2.84. The Kier molecular flexibility index (Phi) is 3.32. The molecule has 0 saturated heterocycles. The van der Waals surface area contributed by atoms with E-state index in [9.17, 15) is 9.90 Å². The van der Waals surface area contributed by atoms with Gasteiger partial charge in [0.05, 0.1) is 11.1 Å². The Balaban J connectivity index is 1.89. The van der Waals surface area contributed by atoms with Crippen molar-refractivity contribution < 1.29 is 9.90 Å². The predicted octanol–water partition coefficient (Wildman–Crippen LogP) is 3.40. The molecule has 1 fully saturated rings. The third-order valence-electron chi connectivity index (χ3n) is 4.05. The molecule has 0 aliphatic heterocycles. The summed E-state index contributed by atoms with van der Waals surface area (Å²) in [5, 5.41) is 13.7. The van der Waals surface area contributed by atoms with Crippen molar-refractivity contribution in [3.8, 4) is 5.69 Å². The third-order valence-corrected chi connectivity index (χ3v) is 4.05. The molecule has 1 aliphatic rings. The normalized spacial score (nSPS) is 15.1. The number of carbonyl (C=O) groups is 1. The van der Waals surface area contributed by atoms with Gasteiger partial charge in [0.2, 0.25) is 0 Å². The first-order valence-electron chi connectivity index (χ1n) is 7.34. The molecule has 1 aliphatic carbocycles. The van der Waals surface area contributed by atoms with Crippen LogP contribution in [0.25, 0.3) is 5.69 Å². The molecule has 4 heteroatoms. The van der Waals surface area contributed by atoms with Crippen LogP contribution < -0.4 is 0 Å². The number of benzene rings is 1. The van der Waals surface area contributed by atoms with E-state index in [1.54, 1.807) is 13.8 Å². The molecule has 0 amide bonds. The van der Waals surface area contributed by atoms with Gasteiger partial charge >= 0.3 is 5.97 Å². The summed E-state index contributed by atoms with van der Waals surface area (Å²) in [7, 11) is 0. The summed E-state index contributed by atoms with van der Waals surface area (Å²) >= 11 is 0. The van der Waals surface area contributed by atoms with E-state index in [1.165, 1.54) is 18.5 Å². The number of aromatic nitrogens is 2. The lowest BCUT2D eigenvalue weighted by Crippen LogP contribution is -2.26. The zero-order valence-corrected chi connectivity index (χ0v) is 12.4. The van der Waals surface area contributed by atoms with E-state index in [0.29, 0.717) is 12.3 Å². The van der Waals surface area contributed by atoms with E-state index in [-0.39, 0.29) is 0 Å². The predicted molar refractivity (Wildman–Crippen MR) is 80.7 cm³/mol. The largest absolute Gasteiger partial charge is 0.481 e. The zero-order chi connectivity index (χ0) is 15.0. The first kappa shape index (κ1) is 13.9. The van der Waals surface area contributed by atoms with Gasteiger partial charge in [0.1, 0.15) is 0 Å². The molecule has 1 aromatic carbocycles. The molecular formula is C17H20N2O2. The molecule has 0 atom stereocenters. The van der Waals surface area contributed by atoms with Crippen LogP contribution in [0.15, 0.2) is 36.5 Å². The summed E-state index contributed by atoms with van der Waals surface area (Å²) in [5.41, 5.74) is 2.53. The van der Waals surface area contributed by atoms with Crippen molar-refractivity contribution in [3.63, 3.8) is 0 Å². The van der Waals surface area contributed by atoms with Gasteiger partial charge in [-0.15, -0.1) is 0 Å². The fourth-order valence-corrected chi connectivity index (χ4v) is 2.60. The molecule has 1 aromatic heterocycles. The average Bonchev–Trinajstić information content (AvgIpc) is 3.15. The summed E-state index contributed by atoms with van der Waals surface area (Å²) in [6.07, 6.45) is 4.81. The highest BCUT2D eigenvalue weighted by Crippen LogP contribution is 2.40. The SMILES string of the molecule is CC(C)(Cc1cccc(-n2nccc2C2CC2)c1)C(=O)O. The zero-order valence-electron chi connectivity index (χ0n) is 12.4. The Morgan fingerprint density at radius 2 is 2.14 bits per heavy atom. The molecule has 1 N–H and O–H groups in total. The quantitative estimate of drug-likeness (QED) is 0.915. The van der Waals surface area contributed by atoms with E-state index < -0.39 is 11.4 Å². The Hall–Kier alpha value is -2.10. The van der Waals surface area contributed by atoms with Gasteiger partial charge in [-0.3, -0.25) is 4.79 Å². The van der Waals surface area contributed by atoms with Crippen molar-refractivity contribution in [2.75, 3.05) is 0 Å². The van der Waals surface area contributed by atoms with Crippen LogP contribution in [0.5, 0.6) is 0 Å². The molecule has 0 spiro atoms. The van der Waals surface area contributed by atoms with Gasteiger partial charge < -0.3 is 5.11 Å². The van der Waals surface area contributed by atoms with Crippen molar-refractivity contribution in [2.45, 2.75) is 39.0 Å². The van der Waals surface area contributed by atoms with Crippen LogP contribution in [0.1, 0.15) is 43.9 Å². The molecule has 110 valence electrons. The lowest BCUT2D eigenvalue weighted by molar-refractivity contribution is -0.146. The minimum absolute atomic E-state index is 0.510. The highest BCUT2D eigenvalue weighted by atomic mass is 16.4. The summed E-state index contributed by atoms with van der Waals surface area (Å²) in [6.45, 7) is 3.51. The van der Waals surface area contributed by atoms with Crippen LogP contribution in [-0.2, 0) is 11.2 Å². The second kappa shape index (κ2) is 5.02. The monoisotopic (exact) mass is 284 g/mol. The Morgan fingerprint density at radius 1 is 1.38 bits per heavy atom. The highest BCUT2D eigenvalue weighted by Gasteiger charge is 2.29. The average molecular weight is 284 g/mol. The van der Waals surface area contributed by atoms with Gasteiger partial charge in [0, 0.05) is 17.8 Å². The Labute approximate surface area is 124 Å². The summed E-state index contributed by atoms with van der Waals surface area (Å²) in [6, 6.07) is 10.1. The van der Waals surface area contributed by atoms with Gasteiger partial charge in [-0.2, -0.15) is 5.10 Å². The Bertz CT molecular complexity index is 669. The molecule has 3 rings (SSSR count). The number of nitrogens with zero attached hydrogens (tertiary/aromatic N) is 2. The second-order valence-electron chi connectivity index (χ2n) is 6.48. The maximum atomic E-state index is 11.3. The fraction of sp³-hybridized carbons (Fsp3) is 0.412. The maximum absolute atomic E-state index is 11.3. The number of rotatable bonds is 5. The minimum atomic E-state index is -0.773. The number of carboxylic acid groups (broad SMARTS) is 1. The summed E-state index contributed by atoms with van der Waals surface area (Å²) in [4.78, 5) is 11.3. The molecule has 0 bridgehead atoms. The lowest BCUT2D eigenvalue weighted by atomic mass is 9.86.